The molecule has 0 aromatic carbocycles. The molecular weight excluding hydrogens is 116 g/mol. The van der Waals surface area contributed by atoms with Gasteiger partial charge >= 0.3 is 0 Å². The molecule has 1 fully saturated rings. The summed E-state index contributed by atoms with van der Waals surface area (Å²) >= 11 is 0. The third kappa shape index (κ3) is 0.990. The number of aliphatic hydroxyl groups is 1. The van der Waals surface area contributed by atoms with Crippen LogP contribution in [0.5, 0.6) is 0 Å². The number of rotatable bonds is 0. The van der Waals surface area contributed by atoms with E-state index in [2.05, 4.69) is 0 Å². The van der Waals surface area contributed by atoms with Crippen molar-refractivity contribution in [1.29, 1.82) is 0 Å². The highest BCUT2D eigenvalue weighted by atomic mass is 16.3. The molecule has 9 heavy (non-hydrogen) atoms. The molecule has 0 aromatic rings. The molecule has 0 heterocycles. The fourth-order valence-corrected chi connectivity index (χ4v) is 1.20. The maximum atomic E-state index is 10.8. The van der Waals surface area contributed by atoms with E-state index in [1.807, 2.05) is 13.8 Å². The van der Waals surface area contributed by atoms with Crippen LogP contribution in [0.15, 0.2) is 0 Å². The smallest absolute Gasteiger partial charge is 0.138 e. The van der Waals surface area contributed by atoms with Gasteiger partial charge in [0.25, 0.3) is 0 Å². The Kier molecular flexibility index (Phi) is 1.58. The molecule has 1 aliphatic rings. The lowest BCUT2D eigenvalue weighted by Crippen LogP contribution is -2.13. The summed E-state index contributed by atoms with van der Waals surface area (Å²) in [6.07, 6.45) is -0.0185. The monoisotopic (exact) mass is 128 g/mol. The van der Waals surface area contributed by atoms with Gasteiger partial charge in [-0.1, -0.05) is 13.8 Å². The van der Waals surface area contributed by atoms with Gasteiger partial charge in [0, 0.05) is 12.3 Å². The molecule has 1 aliphatic carbocycles. The topological polar surface area (TPSA) is 37.3 Å². The standard InChI is InChI=1S/C7H12O2/c1-4-5(2)7(9)3-6(4)8/h4-6,8H,3H2,1-2H3/t4-,5-,6+/m0/s1. The summed E-state index contributed by atoms with van der Waals surface area (Å²) in [6.45, 7) is 3.80. The molecule has 2 heteroatoms. The Labute approximate surface area is 54.9 Å². The van der Waals surface area contributed by atoms with E-state index in [1.54, 1.807) is 0 Å². The maximum Gasteiger partial charge on any atom is 0.138 e. The van der Waals surface area contributed by atoms with Crippen molar-refractivity contribution in [3.05, 3.63) is 0 Å². The van der Waals surface area contributed by atoms with Gasteiger partial charge in [-0.2, -0.15) is 0 Å². The third-order valence-corrected chi connectivity index (χ3v) is 2.31. The van der Waals surface area contributed by atoms with Crippen molar-refractivity contribution in [2.24, 2.45) is 11.8 Å². The minimum atomic E-state index is -0.382. The highest BCUT2D eigenvalue weighted by Gasteiger charge is 2.34. The largest absolute Gasteiger partial charge is 0.392 e. The third-order valence-electron chi connectivity index (χ3n) is 2.31. The molecule has 0 amide bonds. The first-order valence-electron chi connectivity index (χ1n) is 3.33. The zero-order chi connectivity index (χ0) is 7.02. The van der Waals surface area contributed by atoms with Crippen LogP contribution in [0.3, 0.4) is 0 Å². The second-order valence-corrected chi connectivity index (χ2v) is 2.89. The lowest BCUT2D eigenvalue weighted by Gasteiger charge is -2.09. The van der Waals surface area contributed by atoms with Crippen LogP contribution in [0.4, 0.5) is 0 Å². The van der Waals surface area contributed by atoms with Crippen molar-refractivity contribution in [2.45, 2.75) is 26.4 Å². The average Bonchev–Trinajstić information content (AvgIpc) is 1.98. The van der Waals surface area contributed by atoms with Crippen molar-refractivity contribution in [3.63, 3.8) is 0 Å². The fourth-order valence-electron chi connectivity index (χ4n) is 1.20. The Morgan fingerprint density at radius 1 is 1.56 bits per heavy atom. The van der Waals surface area contributed by atoms with Crippen molar-refractivity contribution >= 4 is 5.78 Å². The van der Waals surface area contributed by atoms with E-state index in [9.17, 15) is 4.79 Å². The van der Waals surface area contributed by atoms with Crippen LogP contribution in [0.25, 0.3) is 0 Å². The van der Waals surface area contributed by atoms with Crippen molar-refractivity contribution in [1.82, 2.24) is 0 Å². The summed E-state index contributed by atoms with van der Waals surface area (Å²) in [5.74, 6) is 0.437. The summed E-state index contributed by atoms with van der Waals surface area (Å²) in [7, 11) is 0. The Morgan fingerprint density at radius 3 is 2.22 bits per heavy atom. The van der Waals surface area contributed by atoms with E-state index in [0.29, 0.717) is 6.42 Å². The summed E-state index contributed by atoms with van der Waals surface area (Å²) in [4.78, 5) is 10.8. The summed E-state index contributed by atoms with van der Waals surface area (Å²) in [6, 6.07) is 0. The van der Waals surface area contributed by atoms with E-state index < -0.39 is 0 Å². The maximum absolute atomic E-state index is 10.8. The van der Waals surface area contributed by atoms with Gasteiger partial charge in [-0.05, 0) is 5.92 Å². The first kappa shape index (κ1) is 6.75. The van der Waals surface area contributed by atoms with Gasteiger partial charge in [-0.25, -0.2) is 0 Å². The van der Waals surface area contributed by atoms with Crippen LogP contribution in [0.1, 0.15) is 20.3 Å². The molecule has 1 saturated carbocycles. The Bertz CT molecular complexity index is 131. The van der Waals surface area contributed by atoms with Gasteiger partial charge in [-0.15, -0.1) is 0 Å². The van der Waals surface area contributed by atoms with E-state index in [0.717, 1.165) is 0 Å². The molecule has 2 nitrogen and oxygen atoms in total. The molecule has 0 radical (unpaired) electrons. The molecule has 0 aromatic heterocycles. The first-order chi connectivity index (χ1) is 4.13. The number of carbonyl (C=O) groups is 1. The molecule has 0 spiro atoms. The predicted molar refractivity (Wildman–Crippen MR) is 34.0 cm³/mol. The van der Waals surface area contributed by atoms with Gasteiger partial charge in [-0.3, -0.25) is 4.79 Å². The van der Waals surface area contributed by atoms with Gasteiger partial charge in [0.2, 0.25) is 0 Å². The zero-order valence-corrected chi connectivity index (χ0v) is 5.79. The molecule has 0 unspecified atom stereocenters. The minimum Gasteiger partial charge on any atom is -0.392 e. The molecule has 0 aliphatic heterocycles. The molecule has 52 valence electrons. The molecule has 0 saturated heterocycles. The van der Waals surface area contributed by atoms with Gasteiger partial charge in [0.1, 0.15) is 5.78 Å². The second-order valence-electron chi connectivity index (χ2n) is 2.89. The predicted octanol–water partition coefficient (Wildman–Crippen LogP) is 0.592. The average molecular weight is 128 g/mol. The summed E-state index contributed by atoms with van der Waals surface area (Å²) in [5.41, 5.74) is 0. The summed E-state index contributed by atoms with van der Waals surface area (Å²) in [5, 5.41) is 9.12. The highest BCUT2D eigenvalue weighted by Crippen LogP contribution is 2.27. The van der Waals surface area contributed by atoms with Gasteiger partial charge in [0.15, 0.2) is 0 Å². The minimum absolute atomic E-state index is 0.0694. The lowest BCUT2D eigenvalue weighted by atomic mass is 9.99. The molecule has 0 bridgehead atoms. The van der Waals surface area contributed by atoms with E-state index in [4.69, 9.17) is 5.11 Å². The zero-order valence-electron chi connectivity index (χ0n) is 5.79. The molecule has 1 N–H and O–H groups in total. The van der Waals surface area contributed by atoms with Crippen molar-refractivity contribution < 1.29 is 9.90 Å². The van der Waals surface area contributed by atoms with Crippen LogP contribution in [0.2, 0.25) is 0 Å². The number of Topliss-reactive ketones (excluding diaryl/α,β-unsaturated/α-hetero) is 1. The number of carbonyl (C=O) groups excluding carboxylic acids is 1. The normalized spacial score (nSPS) is 43.9. The van der Waals surface area contributed by atoms with E-state index >= 15 is 0 Å². The summed E-state index contributed by atoms with van der Waals surface area (Å²) < 4.78 is 0. The fraction of sp³-hybridized carbons (Fsp3) is 0.857. The van der Waals surface area contributed by atoms with Crippen LogP contribution < -0.4 is 0 Å². The van der Waals surface area contributed by atoms with Crippen LogP contribution >= 0.6 is 0 Å². The number of ketones is 1. The Hall–Kier alpha value is -0.370. The molecule has 1 rings (SSSR count). The Morgan fingerprint density at radius 2 is 2.11 bits per heavy atom. The first-order valence-corrected chi connectivity index (χ1v) is 3.33. The number of hydrogen-bond acceptors (Lipinski definition) is 2. The Balaban J connectivity index is 2.65. The van der Waals surface area contributed by atoms with Crippen LogP contribution in [-0.2, 0) is 4.79 Å². The lowest BCUT2D eigenvalue weighted by molar-refractivity contribution is -0.120. The van der Waals surface area contributed by atoms with Gasteiger partial charge < -0.3 is 5.11 Å². The van der Waals surface area contributed by atoms with Crippen LogP contribution in [-0.4, -0.2) is 17.0 Å². The number of aliphatic hydroxyl groups excluding tert-OH is 1. The van der Waals surface area contributed by atoms with Crippen molar-refractivity contribution in [3.8, 4) is 0 Å². The van der Waals surface area contributed by atoms with Crippen LogP contribution in [0, 0.1) is 11.8 Å². The highest BCUT2D eigenvalue weighted by molar-refractivity contribution is 5.83. The van der Waals surface area contributed by atoms with E-state index in [-0.39, 0.29) is 23.7 Å². The quantitative estimate of drug-likeness (QED) is 0.518. The second kappa shape index (κ2) is 2.10. The van der Waals surface area contributed by atoms with Crippen molar-refractivity contribution in [2.75, 3.05) is 0 Å². The molecular formula is C7H12O2. The van der Waals surface area contributed by atoms with Gasteiger partial charge in [0.05, 0.1) is 6.10 Å². The van der Waals surface area contributed by atoms with E-state index in [1.165, 1.54) is 0 Å². The molecule has 3 atom stereocenters. The number of hydrogen-bond donors (Lipinski definition) is 1. The SMILES string of the molecule is C[C@@H]1[C@H](O)CC(=O)[C@H]1C.